The lowest BCUT2D eigenvalue weighted by Crippen LogP contribution is -2.11. The number of carbonyl (C=O) groups excluding carboxylic acids is 1. The van der Waals surface area contributed by atoms with E-state index >= 15 is 0 Å². The molecule has 0 fully saturated rings. The minimum absolute atomic E-state index is 0.0950. The molecule has 0 heterocycles. The molecule has 3 rings (SSSR count). The van der Waals surface area contributed by atoms with Crippen LogP contribution < -0.4 is 4.74 Å². The van der Waals surface area contributed by atoms with Gasteiger partial charge in [0.05, 0.1) is 6.61 Å². The van der Waals surface area contributed by atoms with E-state index in [0.717, 1.165) is 0 Å². The highest BCUT2D eigenvalue weighted by atomic mass is 19.1. The second kappa shape index (κ2) is 6.20. The maximum absolute atomic E-state index is 14.1. The topological polar surface area (TPSA) is 35.5 Å². The molecule has 0 unspecified atom stereocenters. The van der Waals surface area contributed by atoms with Crippen LogP contribution >= 0.6 is 0 Å². The van der Waals surface area contributed by atoms with E-state index in [0.29, 0.717) is 28.0 Å². The Labute approximate surface area is 131 Å². The third-order valence-corrected chi connectivity index (χ3v) is 3.47. The third-order valence-electron chi connectivity index (χ3n) is 3.47. The van der Waals surface area contributed by atoms with Crippen LogP contribution in [0.2, 0.25) is 0 Å². The first kappa shape index (κ1) is 15.2. The van der Waals surface area contributed by atoms with Crippen LogP contribution in [-0.2, 0) is 4.74 Å². The molecule has 0 aliphatic heterocycles. The zero-order chi connectivity index (χ0) is 16.4. The minimum Gasteiger partial charge on any atom is -0.434 e. The van der Waals surface area contributed by atoms with Gasteiger partial charge in [-0.1, -0.05) is 25.1 Å². The molecule has 0 amide bonds. The number of fused-ring (bicyclic) bond motifs is 2. The molecule has 3 nitrogen and oxygen atoms in total. The Kier molecular flexibility index (Phi) is 4.10. The number of hydrogen-bond acceptors (Lipinski definition) is 3. The van der Waals surface area contributed by atoms with E-state index < -0.39 is 17.8 Å². The normalized spacial score (nSPS) is 10.9. The summed E-state index contributed by atoms with van der Waals surface area (Å²) in [7, 11) is 0. The van der Waals surface area contributed by atoms with Gasteiger partial charge in [-0.25, -0.2) is 13.6 Å². The van der Waals surface area contributed by atoms with Gasteiger partial charge in [-0.05, 0) is 36.1 Å². The second-order valence-electron chi connectivity index (χ2n) is 5.11. The number of carbonyl (C=O) groups is 1. The maximum atomic E-state index is 14.1. The number of ether oxygens (including phenoxy) is 2. The smallest absolute Gasteiger partial charge is 0.434 e. The quantitative estimate of drug-likeness (QED) is 0.378. The van der Waals surface area contributed by atoms with Gasteiger partial charge in [-0.2, -0.15) is 0 Å². The molecule has 118 valence electrons. The Morgan fingerprint density at radius 1 is 1.04 bits per heavy atom. The predicted molar refractivity (Wildman–Crippen MR) is 83.6 cm³/mol. The van der Waals surface area contributed by atoms with Crippen LogP contribution in [0.1, 0.15) is 13.3 Å². The number of halogens is 2. The molecule has 3 aromatic rings. The van der Waals surface area contributed by atoms with Gasteiger partial charge >= 0.3 is 6.16 Å². The van der Waals surface area contributed by atoms with Crippen LogP contribution in [0, 0.1) is 11.6 Å². The molecule has 0 saturated carbocycles. The first-order valence-corrected chi connectivity index (χ1v) is 7.25. The molecule has 0 aliphatic rings. The Hall–Kier alpha value is -2.69. The molecule has 0 spiro atoms. The van der Waals surface area contributed by atoms with Crippen molar-refractivity contribution < 1.29 is 23.0 Å². The monoisotopic (exact) mass is 316 g/mol. The predicted octanol–water partition coefficient (Wildman–Crippen LogP) is 5.20. The van der Waals surface area contributed by atoms with Crippen molar-refractivity contribution in [3.8, 4) is 5.75 Å². The Morgan fingerprint density at radius 3 is 2.65 bits per heavy atom. The average molecular weight is 316 g/mol. The number of hydrogen-bond donors (Lipinski definition) is 0. The van der Waals surface area contributed by atoms with Crippen LogP contribution in [0.3, 0.4) is 0 Å². The van der Waals surface area contributed by atoms with Crippen LogP contribution in [0.4, 0.5) is 13.6 Å². The van der Waals surface area contributed by atoms with Gasteiger partial charge in [0, 0.05) is 16.2 Å². The van der Waals surface area contributed by atoms with Gasteiger partial charge in [0.25, 0.3) is 0 Å². The first-order chi connectivity index (χ1) is 11.1. The van der Waals surface area contributed by atoms with Crippen molar-refractivity contribution in [2.24, 2.45) is 0 Å². The lowest BCUT2D eigenvalue weighted by molar-refractivity contribution is 0.100. The van der Waals surface area contributed by atoms with E-state index in [1.54, 1.807) is 12.1 Å². The molecule has 0 aliphatic carbocycles. The first-order valence-electron chi connectivity index (χ1n) is 7.25. The number of benzene rings is 3. The van der Waals surface area contributed by atoms with E-state index in [1.807, 2.05) is 6.92 Å². The molecule has 3 aromatic carbocycles. The Bertz CT molecular complexity index is 886. The summed E-state index contributed by atoms with van der Waals surface area (Å²) in [6.45, 7) is 2.07. The van der Waals surface area contributed by atoms with Gasteiger partial charge < -0.3 is 9.47 Å². The highest BCUT2D eigenvalue weighted by Crippen LogP contribution is 2.36. The zero-order valence-corrected chi connectivity index (χ0v) is 12.4. The maximum Gasteiger partial charge on any atom is 0.513 e. The molecule has 0 bridgehead atoms. The molecule has 0 N–H and O–H groups in total. The van der Waals surface area contributed by atoms with E-state index in [1.165, 1.54) is 30.3 Å². The molecular formula is C18H14F2O3. The summed E-state index contributed by atoms with van der Waals surface area (Å²) < 4.78 is 37.8. The highest BCUT2D eigenvalue weighted by molar-refractivity contribution is 6.06. The molecule has 0 radical (unpaired) electrons. The summed E-state index contributed by atoms with van der Waals surface area (Å²) in [5, 5.41) is 1.64. The Morgan fingerprint density at radius 2 is 1.87 bits per heavy atom. The lowest BCUT2D eigenvalue weighted by Gasteiger charge is -2.12. The summed E-state index contributed by atoms with van der Waals surface area (Å²) >= 11 is 0. The van der Waals surface area contributed by atoms with Crippen molar-refractivity contribution in [3.05, 3.63) is 54.1 Å². The van der Waals surface area contributed by atoms with E-state index in [4.69, 9.17) is 9.47 Å². The molecular weight excluding hydrogens is 302 g/mol. The van der Waals surface area contributed by atoms with Gasteiger partial charge in [-0.3, -0.25) is 0 Å². The van der Waals surface area contributed by atoms with Crippen LogP contribution in [0.25, 0.3) is 21.5 Å². The second-order valence-corrected chi connectivity index (χ2v) is 5.11. The van der Waals surface area contributed by atoms with Gasteiger partial charge in [0.15, 0.2) is 0 Å². The van der Waals surface area contributed by atoms with E-state index in [-0.39, 0.29) is 12.4 Å². The summed E-state index contributed by atoms with van der Waals surface area (Å²) in [6.07, 6.45) is -0.247. The van der Waals surface area contributed by atoms with Gasteiger partial charge in [-0.15, -0.1) is 0 Å². The van der Waals surface area contributed by atoms with Gasteiger partial charge in [0.2, 0.25) is 0 Å². The Balaban J connectivity index is 2.22. The largest absolute Gasteiger partial charge is 0.513 e. The minimum atomic E-state index is -0.894. The van der Waals surface area contributed by atoms with Crippen molar-refractivity contribution in [2.75, 3.05) is 6.61 Å². The average Bonchev–Trinajstić information content (AvgIpc) is 2.54. The van der Waals surface area contributed by atoms with Crippen molar-refractivity contribution in [3.63, 3.8) is 0 Å². The fourth-order valence-electron chi connectivity index (χ4n) is 2.44. The number of rotatable bonds is 3. The summed E-state index contributed by atoms with van der Waals surface area (Å²) in [5.74, 6) is -0.821. The third kappa shape index (κ3) is 2.95. The van der Waals surface area contributed by atoms with E-state index in [9.17, 15) is 13.6 Å². The summed E-state index contributed by atoms with van der Waals surface area (Å²) in [6, 6.07) is 10.1. The molecule has 0 aromatic heterocycles. The van der Waals surface area contributed by atoms with Crippen LogP contribution in [-0.4, -0.2) is 12.8 Å². The highest BCUT2D eigenvalue weighted by Gasteiger charge is 2.16. The fraction of sp³-hybridized carbons (Fsp3) is 0.167. The summed E-state index contributed by atoms with van der Waals surface area (Å²) in [5.41, 5.74) is 0. The van der Waals surface area contributed by atoms with Crippen molar-refractivity contribution in [1.29, 1.82) is 0 Å². The van der Waals surface area contributed by atoms with Crippen LogP contribution in [0.5, 0.6) is 5.75 Å². The molecule has 5 heteroatoms. The van der Waals surface area contributed by atoms with Crippen molar-refractivity contribution in [2.45, 2.75) is 13.3 Å². The van der Waals surface area contributed by atoms with E-state index in [2.05, 4.69) is 0 Å². The lowest BCUT2D eigenvalue weighted by atomic mass is 10.0. The van der Waals surface area contributed by atoms with Gasteiger partial charge in [0.1, 0.15) is 17.4 Å². The zero-order valence-electron chi connectivity index (χ0n) is 12.4. The SMILES string of the molecule is CCCOC(=O)Oc1c2cc(F)ccc2cc2c(F)cccc12. The van der Waals surface area contributed by atoms with Crippen LogP contribution in [0.15, 0.2) is 42.5 Å². The fourth-order valence-corrected chi connectivity index (χ4v) is 2.44. The van der Waals surface area contributed by atoms with Crippen molar-refractivity contribution in [1.82, 2.24) is 0 Å². The molecule has 0 saturated heterocycles. The standard InChI is InChI=1S/C18H14F2O3/c1-2-8-22-18(21)23-17-13-4-3-5-16(20)15(13)9-11-6-7-12(19)10-14(11)17/h3-7,9-10H,2,8H2,1H3. The summed E-state index contributed by atoms with van der Waals surface area (Å²) in [4.78, 5) is 11.8. The molecule has 23 heavy (non-hydrogen) atoms. The molecule has 0 atom stereocenters. The van der Waals surface area contributed by atoms with Crippen molar-refractivity contribution >= 4 is 27.7 Å².